The molecule has 1 aliphatic carbocycles. The lowest BCUT2D eigenvalue weighted by molar-refractivity contribution is 0.316. The summed E-state index contributed by atoms with van der Waals surface area (Å²) in [6.07, 6.45) is 10.3. The van der Waals surface area contributed by atoms with Gasteiger partial charge in [0.2, 0.25) is 0 Å². The maximum absolute atomic E-state index is 13.1. The lowest BCUT2D eigenvalue weighted by Gasteiger charge is -2.30. The Kier molecular flexibility index (Phi) is 6.75. The monoisotopic (exact) mass is 386 g/mol. The molecule has 0 unspecified atom stereocenters. The number of anilines is 2. The molecule has 1 heterocycles. The summed E-state index contributed by atoms with van der Waals surface area (Å²) in [4.78, 5) is 0.331. The van der Waals surface area contributed by atoms with E-state index in [9.17, 15) is 8.42 Å². The van der Waals surface area contributed by atoms with E-state index in [-0.39, 0.29) is 6.54 Å². The average Bonchev–Trinajstić information content (AvgIpc) is 3.56. The SMILES string of the molecule is C#C.CC.Nc1ccc2c(c1)N(S(=O)(=O)c1cccc(C3CC3)c1)CCO2. The van der Waals surface area contributed by atoms with Gasteiger partial charge in [-0.3, -0.25) is 4.31 Å². The van der Waals surface area contributed by atoms with E-state index >= 15 is 0 Å². The molecule has 2 N–H and O–H groups in total. The zero-order valence-electron chi connectivity index (χ0n) is 15.8. The van der Waals surface area contributed by atoms with E-state index in [0.717, 1.165) is 18.4 Å². The van der Waals surface area contributed by atoms with Crippen LogP contribution >= 0.6 is 0 Å². The molecule has 0 atom stereocenters. The number of nitrogen functional groups attached to an aromatic ring is 1. The third-order valence-corrected chi connectivity index (χ3v) is 6.11. The van der Waals surface area contributed by atoms with Gasteiger partial charge in [0.1, 0.15) is 12.4 Å². The first kappa shape index (κ1) is 20.7. The highest BCUT2D eigenvalue weighted by molar-refractivity contribution is 7.92. The van der Waals surface area contributed by atoms with Crippen LogP contribution in [0.25, 0.3) is 0 Å². The number of benzene rings is 2. The van der Waals surface area contributed by atoms with E-state index in [1.54, 1.807) is 30.3 Å². The van der Waals surface area contributed by atoms with Crippen molar-refractivity contribution in [2.24, 2.45) is 0 Å². The Hall–Kier alpha value is -2.65. The highest BCUT2D eigenvalue weighted by atomic mass is 32.2. The van der Waals surface area contributed by atoms with E-state index in [1.807, 2.05) is 26.0 Å². The number of fused-ring (bicyclic) bond motifs is 1. The summed E-state index contributed by atoms with van der Waals surface area (Å²) in [5.74, 6) is 1.06. The highest BCUT2D eigenvalue weighted by Gasteiger charge is 2.31. The van der Waals surface area contributed by atoms with Crippen molar-refractivity contribution in [3.05, 3.63) is 48.0 Å². The second-order valence-corrected chi connectivity index (χ2v) is 7.86. The number of hydrogen-bond acceptors (Lipinski definition) is 4. The van der Waals surface area contributed by atoms with E-state index in [2.05, 4.69) is 12.8 Å². The van der Waals surface area contributed by atoms with Gasteiger partial charge < -0.3 is 10.5 Å². The third-order valence-electron chi connectivity index (χ3n) is 4.30. The molecule has 0 amide bonds. The van der Waals surface area contributed by atoms with E-state index < -0.39 is 10.0 Å². The van der Waals surface area contributed by atoms with Gasteiger partial charge in [-0.15, -0.1) is 12.8 Å². The molecule has 144 valence electrons. The molecule has 1 saturated carbocycles. The van der Waals surface area contributed by atoms with Crippen molar-refractivity contribution in [1.29, 1.82) is 0 Å². The summed E-state index contributed by atoms with van der Waals surface area (Å²) >= 11 is 0. The number of terminal acetylenes is 1. The first-order valence-corrected chi connectivity index (χ1v) is 10.5. The van der Waals surface area contributed by atoms with Crippen LogP contribution in [0.1, 0.15) is 38.2 Å². The maximum Gasteiger partial charge on any atom is 0.264 e. The van der Waals surface area contributed by atoms with Gasteiger partial charge in [0.15, 0.2) is 0 Å². The smallest absolute Gasteiger partial charge is 0.264 e. The second kappa shape index (κ2) is 8.83. The van der Waals surface area contributed by atoms with Crippen LogP contribution < -0.4 is 14.8 Å². The van der Waals surface area contributed by atoms with Crippen LogP contribution in [0.5, 0.6) is 5.75 Å². The quantitative estimate of drug-likeness (QED) is 0.639. The number of nitrogens with two attached hydrogens (primary N) is 1. The van der Waals surface area contributed by atoms with Gasteiger partial charge in [-0.2, -0.15) is 0 Å². The van der Waals surface area contributed by atoms with Crippen molar-refractivity contribution in [3.8, 4) is 18.6 Å². The highest BCUT2D eigenvalue weighted by Crippen LogP contribution is 2.41. The summed E-state index contributed by atoms with van der Waals surface area (Å²) in [6.45, 7) is 4.62. The van der Waals surface area contributed by atoms with Crippen molar-refractivity contribution >= 4 is 21.4 Å². The van der Waals surface area contributed by atoms with Crippen LogP contribution in [-0.2, 0) is 10.0 Å². The molecule has 0 bridgehead atoms. The Labute approximate surface area is 162 Å². The molecule has 4 rings (SSSR count). The zero-order valence-corrected chi connectivity index (χ0v) is 16.6. The zero-order chi connectivity index (χ0) is 20.0. The van der Waals surface area contributed by atoms with Crippen LogP contribution in [0.2, 0.25) is 0 Å². The first-order valence-electron chi connectivity index (χ1n) is 9.04. The fraction of sp³-hybridized carbons (Fsp3) is 0.333. The van der Waals surface area contributed by atoms with Crippen LogP contribution in [-0.4, -0.2) is 21.6 Å². The predicted molar refractivity (Wildman–Crippen MR) is 111 cm³/mol. The lowest BCUT2D eigenvalue weighted by atomic mass is 10.1. The number of rotatable bonds is 3. The number of hydrogen-bond donors (Lipinski definition) is 1. The summed E-state index contributed by atoms with van der Waals surface area (Å²) < 4.78 is 33.1. The van der Waals surface area contributed by atoms with Crippen molar-refractivity contribution < 1.29 is 13.2 Å². The van der Waals surface area contributed by atoms with Crippen molar-refractivity contribution in [3.63, 3.8) is 0 Å². The molecule has 1 aliphatic heterocycles. The van der Waals surface area contributed by atoms with Crippen LogP contribution in [0.15, 0.2) is 47.4 Å². The van der Waals surface area contributed by atoms with Crippen molar-refractivity contribution in [2.45, 2.75) is 37.5 Å². The molecular weight excluding hydrogens is 360 g/mol. The summed E-state index contributed by atoms with van der Waals surface area (Å²) in [5, 5.41) is 0. The van der Waals surface area contributed by atoms with Crippen LogP contribution in [0.3, 0.4) is 0 Å². The lowest BCUT2D eigenvalue weighted by Crippen LogP contribution is -2.38. The molecule has 0 radical (unpaired) electrons. The summed E-state index contributed by atoms with van der Waals surface area (Å²) in [7, 11) is -3.62. The Morgan fingerprint density at radius 1 is 1.11 bits per heavy atom. The van der Waals surface area contributed by atoms with Gasteiger partial charge in [0.25, 0.3) is 10.0 Å². The van der Waals surface area contributed by atoms with Gasteiger partial charge in [0, 0.05) is 5.69 Å². The van der Waals surface area contributed by atoms with Gasteiger partial charge in [-0.1, -0.05) is 26.0 Å². The van der Waals surface area contributed by atoms with Gasteiger partial charge >= 0.3 is 0 Å². The molecule has 0 saturated heterocycles. The summed E-state index contributed by atoms with van der Waals surface area (Å²) in [6, 6.07) is 12.4. The molecule has 2 aromatic rings. The standard InChI is InChI=1S/C17H18N2O3S.C2H6.C2H2/c18-14-6-7-17-16(11-14)19(8-9-22-17)23(20,21)15-3-1-2-13(10-15)12-4-5-12;2*1-2/h1-3,6-7,10-12H,4-5,8-9,18H2;1-2H3;1-2H. The Bertz CT molecular complexity index is 903. The average molecular weight is 387 g/mol. The van der Waals surface area contributed by atoms with Gasteiger partial charge in [0.05, 0.1) is 17.1 Å². The Balaban J connectivity index is 0.000000614. The normalized spacial score (nSPS) is 15.2. The van der Waals surface area contributed by atoms with Gasteiger partial charge in [-0.05, 0) is 54.7 Å². The molecule has 0 aromatic heterocycles. The van der Waals surface area contributed by atoms with Crippen LogP contribution in [0.4, 0.5) is 11.4 Å². The largest absolute Gasteiger partial charge is 0.489 e. The minimum absolute atomic E-state index is 0.284. The molecule has 27 heavy (non-hydrogen) atoms. The fourth-order valence-electron chi connectivity index (χ4n) is 2.93. The van der Waals surface area contributed by atoms with E-state index in [0.29, 0.717) is 34.5 Å². The maximum atomic E-state index is 13.1. The summed E-state index contributed by atoms with van der Waals surface area (Å²) in [5.41, 5.74) is 7.95. The minimum Gasteiger partial charge on any atom is -0.489 e. The van der Waals surface area contributed by atoms with E-state index in [1.165, 1.54) is 4.31 Å². The first-order chi connectivity index (χ1) is 13.1. The van der Waals surface area contributed by atoms with Crippen LogP contribution in [0, 0.1) is 12.8 Å². The topological polar surface area (TPSA) is 72.6 Å². The number of ether oxygens (including phenoxy) is 1. The number of sulfonamides is 1. The molecule has 1 fully saturated rings. The molecule has 2 aromatic carbocycles. The minimum atomic E-state index is -3.62. The van der Waals surface area contributed by atoms with Crippen molar-refractivity contribution in [1.82, 2.24) is 0 Å². The fourth-order valence-corrected chi connectivity index (χ4v) is 4.44. The molecule has 5 nitrogen and oxygen atoms in total. The Morgan fingerprint density at radius 3 is 2.48 bits per heavy atom. The van der Waals surface area contributed by atoms with Crippen molar-refractivity contribution in [2.75, 3.05) is 23.2 Å². The molecule has 0 spiro atoms. The third kappa shape index (κ3) is 4.37. The predicted octanol–water partition coefficient (Wildman–Crippen LogP) is 4.01. The molecular formula is C21H26N2O3S. The molecule has 6 heteroatoms. The number of nitrogens with zero attached hydrogens (tertiary/aromatic N) is 1. The van der Waals surface area contributed by atoms with E-state index in [4.69, 9.17) is 10.5 Å². The second-order valence-electron chi connectivity index (χ2n) is 6.00. The molecule has 2 aliphatic rings. The Morgan fingerprint density at radius 2 is 1.81 bits per heavy atom. The van der Waals surface area contributed by atoms with Gasteiger partial charge in [-0.25, -0.2) is 8.42 Å².